The molecule has 3 unspecified atom stereocenters. The maximum atomic E-state index is 12.3. The first-order valence-electron chi connectivity index (χ1n) is 6.84. The van der Waals surface area contributed by atoms with Gasteiger partial charge in [0, 0.05) is 22.6 Å². The number of unbranched alkanes of at least 4 members (excludes halogenated alkanes) is 1. The van der Waals surface area contributed by atoms with E-state index in [2.05, 4.69) is 12.2 Å². The van der Waals surface area contributed by atoms with E-state index in [-0.39, 0.29) is 0 Å². The first kappa shape index (κ1) is 14.2. The van der Waals surface area contributed by atoms with E-state index >= 15 is 0 Å². The first-order valence-corrected chi connectivity index (χ1v) is 8.22. The minimum absolute atomic E-state index is 0.400. The van der Waals surface area contributed by atoms with Crippen LogP contribution in [0.1, 0.15) is 58.3 Å². The molecule has 1 rings (SSSR count). The van der Waals surface area contributed by atoms with Crippen LogP contribution < -0.4 is 5.32 Å². The third kappa shape index (κ3) is 4.54. The van der Waals surface area contributed by atoms with Crippen LogP contribution in [0, 0.1) is 0 Å². The standard InChI is InChI=1S/C13H27NOS/c1-3-4-11-16(15)13-10-8-6-5-7-9-12(13)14-2/h12-14H,3-11H2,1-2H3. The average molecular weight is 245 g/mol. The van der Waals surface area contributed by atoms with Gasteiger partial charge in [-0.15, -0.1) is 0 Å². The van der Waals surface area contributed by atoms with Crippen molar-refractivity contribution in [1.82, 2.24) is 5.32 Å². The number of rotatable bonds is 5. The van der Waals surface area contributed by atoms with Crippen molar-refractivity contribution in [3.8, 4) is 0 Å². The van der Waals surface area contributed by atoms with E-state index in [0.717, 1.165) is 25.0 Å². The highest BCUT2D eigenvalue weighted by atomic mass is 32.2. The van der Waals surface area contributed by atoms with Crippen molar-refractivity contribution >= 4 is 10.8 Å². The molecule has 0 amide bonds. The second-order valence-electron chi connectivity index (χ2n) is 4.86. The summed E-state index contributed by atoms with van der Waals surface area (Å²) >= 11 is 0. The van der Waals surface area contributed by atoms with Crippen LogP contribution in [0.5, 0.6) is 0 Å². The van der Waals surface area contributed by atoms with Gasteiger partial charge in [0.15, 0.2) is 0 Å². The Morgan fingerprint density at radius 1 is 1.19 bits per heavy atom. The molecule has 1 aliphatic carbocycles. The van der Waals surface area contributed by atoms with Gasteiger partial charge in [-0.25, -0.2) is 0 Å². The highest BCUT2D eigenvalue weighted by molar-refractivity contribution is 7.85. The summed E-state index contributed by atoms with van der Waals surface area (Å²) in [5.41, 5.74) is 0. The van der Waals surface area contributed by atoms with Gasteiger partial charge in [-0.1, -0.05) is 39.0 Å². The quantitative estimate of drug-likeness (QED) is 0.807. The summed E-state index contributed by atoms with van der Waals surface area (Å²) in [6, 6.07) is 0.484. The molecule has 1 aliphatic rings. The Morgan fingerprint density at radius 3 is 2.50 bits per heavy atom. The van der Waals surface area contributed by atoms with Crippen molar-refractivity contribution in [2.75, 3.05) is 12.8 Å². The largest absolute Gasteiger partial charge is 0.316 e. The van der Waals surface area contributed by atoms with Gasteiger partial charge in [0.25, 0.3) is 0 Å². The lowest BCUT2D eigenvalue weighted by Gasteiger charge is -2.28. The summed E-state index contributed by atoms with van der Waals surface area (Å²) in [5.74, 6) is 0.902. The molecule has 1 N–H and O–H groups in total. The van der Waals surface area contributed by atoms with Crippen molar-refractivity contribution in [1.29, 1.82) is 0 Å². The summed E-state index contributed by atoms with van der Waals surface area (Å²) in [4.78, 5) is 0. The zero-order chi connectivity index (χ0) is 11.8. The van der Waals surface area contributed by atoms with E-state index < -0.39 is 10.8 Å². The van der Waals surface area contributed by atoms with E-state index in [1.165, 1.54) is 32.1 Å². The van der Waals surface area contributed by atoms with Crippen molar-refractivity contribution in [3.05, 3.63) is 0 Å². The fourth-order valence-corrected chi connectivity index (χ4v) is 4.48. The molecular formula is C13H27NOS. The molecule has 96 valence electrons. The monoisotopic (exact) mass is 245 g/mol. The van der Waals surface area contributed by atoms with E-state index in [1.54, 1.807) is 0 Å². The first-order chi connectivity index (χ1) is 7.79. The molecule has 16 heavy (non-hydrogen) atoms. The second kappa shape index (κ2) is 8.24. The molecule has 1 fully saturated rings. The van der Waals surface area contributed by atoms with Gasteiger partial charge in [-0.3, -0.25) is 4.21 Å². The molecule has 0 radical (unpaired) electrons. The smallest absolute Gasteiger partial charge is 0.0501 e. The number of hydrogen-bond acceptors (Lipinski definition) is 2. The van der Waals surface area contributed by atoms with E-state index in [9.17, 15) is 4.21 Å². The molecule has 0 heterocycles. The van der Waals surface area contributed by atoms with Crippen LogP contribution >= 0.6 is 0 Å². The number of hydrogen-bond donors (Lipinski definition) is 1. The van der Waals surface area contributed by atoms with Crippen molar-refractivity contribution in [2.24, 2.45) is 0 Å². The molecule has 0 aromatic heterocycles. The van der Waals surface area contributed by atoms with Crippen molar-refractivity contribution in [3.63, 3.8) is 0 Å². The van der Waals surface area contributed by atoms with Gasteiger partial charge < -0.3 is 5.32 Å². The molecule has 2 nitrogen and oxygen atoms in total. The third-order valence-electron chi connectivity index (χ3n) is 3.61. The Labute approximate surface area is 103 Å². The number of nitrogens with one attached hydrogen (secondary N) is 1. The Hall–Kier alpha value is 0.110. The fourth-order valence-electron chi connectivity index (χ4n) is 2.53. The lowest BCUT2D eigenvalue weighted by atomic mass is 9.96. The van der Waals surface area contributed by atoms with Gasteiger partial charge in [0.2, 0.25) is 0 Å². The summed E-state index contributed by atoms with van der Waals surface area (Å²) in [7, 11) is 1.41. The molecule has 0 aromatic carbocycles. The van der Waals surface area contributed by atoms with E-state index in [0.29, 0.717) is 11.3 Å². The lowest BCUT2D eigenvalue weighted by molar-refractivity contribution is 0.414. The van der Waals surface area contributed by atoms with Crippen LogP contribution in [0.25, 0.3) is 0 Å². The van der Waals surface area contributed by atoms with E-state index in [4.69, 9.17) is 0 Å². The topological polar surface area (TPSA) is 29.1 Å². The highest BCUT2D eigenvalue weighted by Gasteiger charge is 2.25. The second-order valence-corrected chi connectivity index (χ2v) is 6.64. The van der Waals surface area contributed by atoms with Crippen LogP contribution in [0.4, 0.5) is 0 Å². The summed E-state index contributed by atoms with van der Waals surface area (Å²) < 4.78 is 12.3. The Kier molecular flexibility index (Phi) is 7.30. The molecule has 0 aliphatic heterocycles. The highest BCUT2D eigenvalue weighted by Crippen LogP contribution is 2.22. The van der Waals surface area contributed by atoms with Crippen molar-refractivity contribution < 1.29 is 4.21 Å². The fraction of sp³-hybridized carbons (Fsp3) is 1.00. The molecule has 3 atom stereocenters. The summed E-state index contributed by atoms with van der Waals surface area (Å²) in [6.07, 6.45) is 9.88. The van der Waals surface area contributed by atoms with Gasteiger partial charge in [0.05, 0.1) is 5.25 Å². The average Bonchev–Trinajstić information content (AvgIpc) is 2.26. The van der Waals surface area contributed by atoms with Gasteiger partial charge >= 0.3 is 0 Å². The molecule has 0 saturated heterocycles. The molecule has 0 spiro atoms. The summed E-state index contributed by atoms with van der Waals surface area (Å²) in [5, 5.41) is 3.79. The molecule has 0 bridgehead atoms. The van der Waals surface area contributed by atoms with Gasteiger partial charge in [-0.05, 0) is 26.3 Å². The van der Waals surface area contributed by atoms with E-state index in [1.807, 2.05) is 7.05 Å². The maximum Gasteiger partial charge on any atom is 0.0501 e. The molecule has 0 aromatic rings. The zero-order valence-corrected chi connectivity index (χ0v) is 11.7. The van der Waals surface area contributed by atoms with Crippen LogP contribution in [-0.2, 0) is 10.8 Å². The maximum absolute atomic E-state index is 12.3. The SMILES string of the molecule is CCCCS(=O)C1CCCCCCC1NC. The van der Waals surface area contributed by atoms with Crippen LogP contribution in [-0.4, -0.2) is 28.3 Å². The van der Waals surface area contributed by atoms with Crippen LogP contribution in [0.2, 0.25) is 0 Å². The Bertz CT molecular complexity index is 208. The zero-order valence-electron chi connectivity index (χ0n) is 10.8. The molecule has 1 saturated carbocycles. The van der Waals surface area contributed by atoms with Crippen LogP contribution in [0.15, 0.2) is 0 Å². The minimum atomic E-state index is -0.618. The van der Waals surface area contributed by atoms with Crippen molar-refractivity contribution in [2.45, 2.75) is 69.6 Å². The Balaban J connectivity index is 2.51. The van der Waals surface area contributed by atoms with Gasteiger partial charge in [-0.2, -0.15) is 0 Å². The van der Waals surface area contributed by atoms with Crippen LogP contribution in [0.3, 0.4) is 0 Å². The minimum Gasteiger partial charge on any atom is -0.316 e. The Morgan fingerprint density at radius 2 is 1.88 bits per heavy atom. The molecular weight excluding hydrogens is 218 g/mol. The third-order valence-corrected chi connectivity index (χ3v) is 5.54. The summed E-state index contributed by atoms with van der Waals surface area (Å²) in [6.45, 7) is 2.17. The normalized spacial score (nSPS) is 29.4. The predicted molar refractivity (Wildman–Crippen MR) is 72.3 cm³/mol. The predicted octanol–water partition coefficient (Wildman–Crippen LogP) is 2.85. The molecule has 3 heteroatoms. The lowest BCUT2D eigenvalue weighted by Crippen LogP contribution is -2.41. The van der Waals surface area contributed by atoms with Gasteiger partial charge in [0.1, 0.15) is 0 Å².